The minimum Gasteiger partial charge on any atom is -0.326 e. The molecule has 0 unspecified atom stereocenters. The van der Waals surface area contributed by atoms with Crippen LogP contribution in [-0.4, -0.2) is 10.9 Å². The minimum atomic E-state index is -0.219. The Kier molecular flexibility index (Phi) is 5.52. The molecule has 0 aliphatic carbocycles. The molecule has 0 fully saturated rings. The molecular weight excluding hydrogens is 315 g/mol. The maximum Gasteiger partial charge on any atom is 0.224 e. The largest absolute Gasteiger partial charge is 0.326 e. The summed E-state index contributed by atoms with van der Waals surface area (Å²) in [5.41, 5.74) is 3.36. The van der Waals surface area contributed by atoms with Crippen molar-refractivity contribution in [2.45, 2.75) is 19.3 Å². The van der Waals surface area contributed by atoms with Gasteiger partial charge in [0.05, 0.1) is 0 Å². The van der Waals surface area contributed by atoms with Gasteiger partial charge in [-0.3, -0.25) is 9.78 Å². The van der Waals surface area contributed by atoms with Crippen molar-refractivity contribution in [2.24, 2.45) is 0 Å². The molecule has 0 saturated heterocycles. The second kappa shape index (κ2) is 8.20. The lowest BCUT2D eigenvalue weighted by Gasteiger charge is -2.07. The summed E-state index contributed by atoms with van der Waals surface area (Å²) in [6.45, 7) is 0. The maximum atomic E-state index is 13.8. The number of carbonyl (C=O) groups excluding carboxylic acids is 1. The van der Waals surface area contributed by atoms with Crippen LogP contribution in [0.5, 0.6) is 0 Å². The van der Waals surface area contributed by atoms with Gasteiger partial charge in [0.15, 0.2) is 0 Å². The Hall–Kier alpha value is -3.01. The topological polar surface area (TPSA) is 42.0 Å². The summed E-state index contributed by atoms with van der Waals surface area (Å²) in [7, 11) is 0. The highest BCUT2D eigenvalue weighted by Crippen LogP contribution is 2.23. The molecule has 3 nitrogen and oxygen atoms in total. The van der Waals surface area contributed by atoms with Gasteiger partial charge in [-0.15, -0.1) is 0 Å². The average Bonchev–Trinajstić information content (AvgIpc) is 2.64. The van der Waals surface area contributed by atoms with Crippen LogP contribution in [0.4, 0.5) is 10.1 Å². The van der Waals surface area contributed by atoms with Crippen LogP contribution >= 0.6 is 0 Å². The zero-order valence-corrected chi connectivity index (χ0v) is 13.8. The first-order chi connectivity index (χ1) is 12.2. The summed E-state index contributed by atoms with van der Waals surface area (Å²) in [6, 6.07) is 18.1. The van der Waals surface area contributed by atoms with E-state index in [0.717, 1.165) is 29.7 Å². The van der Waals surface area contributed by atoms with Crippen molar-refractivity contribution in [1.82, 2.24) is 4.98 Å². The number of nitrogens with zero attached hydrogens (tertiary/aromatic N) is 1. The second-order valence-electron chi connectivity index (χ2n) is 5.81. The molecule has 126 valence electrons. The van der Waals surface area contributed by atoms with Crippen molar-refractivity contribution in [3.05, 3.63) is 84.4 Å². The molecule has 0 aliphatic heterocycles. The first kappa shape index (κ1) is 16.8. The van der Waals surface area contributed by atoms with E-state index in [1.165, 1.54) is 6.07 Å². The molecule has 1 N–H and O–H groups in total. The first-order valence-corrected chi connectivity index (χ1v) is 8.26. The molecule has 1 aromatic heterocycles. The Labute approximate surface area is 146 Å². The third-order valence-corrected chi connectivity index (χ3v) is 3.97. The predicted molar refractivity (Wildman–Crippen MR) is 97.6 cm³/mol. The number of nitrogens with one attached hydrogen (secondary N) is 1. The van der Waals surface area contributed by atoms with E-state index in [9.17, 15) is 9.18 Å². The number of benzene rings is 2. The summed E-state index contributed by atoms with van der Waals surface area (Å²) in [5, 5.41) is 2.84. The maximum absolute atomic E-state index is 13.8. The molecule has 4 heteroatoms. The number of hydrogen-bond acceptors (Lipinski definition) is 2. The number of aryl methyl sites for hydroxylation is 1. The number of anilines is 1. The molecule has 0 radical (unpaired) electrons. The van der Waals surface area contributed by atoms with Gasteiger partial charge in [-0.2, -0.15) is 0 Å². The SMILES string of the molecule is O=C(CCCc1ccc(-c2ccccc2F)cc1)Nc1ccncc1. The number of rotatable bonds is 6. The molecule has 1 amide bonds. The van der Waals surface area contributed by atoms with Crippen LogP contribution in [0, 0.1) is 5.82 Å². The van der Waals surface area contributed by atoms with E-state index in [2.05, 4.69) is 10.3 Å². The number of hydrogen-bond donors (Lipinski definition) is 1. The van der Waals surface area contributed by atoms with Crippen LogP contribution < -0.4 is 5.32 Å². The number of pyridine rings is 1. The molecular formula is C21H19FN2O. The fraction of sp³-hybridized carbons (Fsp3) is 0.143. The molecule has 0 bridgehead atoms. The van der Waals surface area contributed by atoms with Gasteiger partial charge in [0, 0.05) is 30.1 Å². The Bertz CT molecular complexity index is 832. The number of amides is 1. The average molecular weight is 334 g/mol. The van der Waals surface area contributed by atoms with Crippen molar-refractivity contribution in [2.75, 3.05) is 5.32 Å². The molecule has 0 atom stereocenters. The Morgan fingerprint density at radius 2 is 1.68 bits per heavy atom. The summed E-state index contributed by atoms with van der Waals surface area (Å²) in [6.07, 6.45) is 5.31. The fourth-order valence-electron chi connectivity index (χ4n) is 2.66. The van der Waals surface area contributed by atoms with Crippen LogP contribution in [-0.2, 0) is 11.2 Å². The molecule has 0 spiro atoms. The monoisotopic (exact) mass is 334 g/mol. The van der Waals surface area contributed by atoms with Gasteiger partial charge >= 0.3 is 0 Å². The van der Waals surface area contributed by atoms with Crippen LogP contribution in [0.1, 0.15) is 18.4 Å². The Morgan fingerprint density at radius 3 is 2.40 bits per heavy atom. The molecule has 1 heterocycles. The summed E-state index contributed by atoms with van der Waals surface area (Å²) in [5.74, 6) is -0.225. The molecule has 3 rings (SSSR count). The van der Waals surface area contributed by atoms with Gasteiger partial charge in [-0.05, 0) is 42.2 Å². The lowest BCUT2D eigenvalue weighted by molar-refractivity contribution is -0.116. The van der Waals surface area contributed by atoms with Gasteiger partial charge in [0.2, 0.25) is 5.91 Å². The van der Waals surface area contributed by atoms with E-state index >= 15 is 0 Å². The molecule has 3 aromatic rings. The number of carbonyl (C=O) groups is 1. The summed E-state index contributed by atoms with van der Waals surface area (Å²) < 4.78 is 13.8. The first-order valence-electron chi connectivity index (χ1n) is 8.26. The van der Waals surface area contributed by atoms with Crippen molar-refractivity contribution < 1.29 is 9.18 Å². The van der Waals surface area contributed by atoms with Gasteiger partial charge in [-0.1, -0.05) is 42.5 Å². The van der Waals surface area contributed by atoms with Crippen molar-refractivity contribution >= 4 is 11.6 Å². The summed E-state index contributed by atoms with van der Waals surface area (Å²) >= 11 is 0. The number of aromatic nitrogens is 1. The van der Waals surface area contributed by atoms with E-state index < -0.39 is 0 Å². The van der Waals surface area contributed by atoms with E-state index in [1.54, 1.807) is 36.7 Å². The highest BCUT2D eigenvalue weighted by atomic mass is 19.1. The lowest BCUT2D eigenvalue weighted by Crippen LogP contribution is -2.11. The third-order valence-electron chi connectivity index (χ3n) is 3.97. The quantitative estimate of drug-likeness (QED) is 0.700. The van der Waals surface area contributed by atoms with Crippen molar-refractivity contribution in [3.63, 3.8) is 0 Å². The highest BCUT2D eigenvalue weighted by Gasteiger charge is 2.05. The van der Waals surface area contributed by atoms with E-state index in [-0.39, 0.29) is 11.7 Å². The highest BCUT2D eigenvalue weighted by molar-refractivity contribution is 5.90. The standard InChI is InChI=1S/C21H19FN2O/c22-20-6-2-1-5-19(20)17-10-8-16(9-11-17)4-3-7-21(25)24-18-12-14-23-15-13-18/h1-2,5-6,8-15H,3-4,7H2,(H,23,24,25). The summed E-state index contributed by atoms with van der Waals surface area (Å²) in [4.78, 5) is 15.8. The molecule has 0 saturated carbocycles. The smallest absolute Gasteiger partial charge is 0.224 e. The van der Waals surface area contributed by atoms with Gasteiger partial charge in [0.1, 0.15) is 5.82 Å². The molecule has 0 aliphatic rings. The second-order valence-corrected chi connectivity index (χ2v) is 5.81. The molecule has 25 heavy (non-hydrogen) atoms. The Balaban J connectivity index is 1.51. The third kappa shape index (κ3) is 4.73. The van der Waals surface area contributed by atoms with E-state index in [0.29, 0.717) is 12.0 Å². The van der Waals surface area contributed by atoms with Gasteiger partial charge in [-0.25, -0.2) is 4.39 Å². The lowest BCUT2D eigenvalue weighted by atomic mass is 10.0. The van der Waals surface area contributed by atoms with E-state index in [1.807, 2.05) is 30.3 Å². The van der Waals surface area contributed by atoms with E-state index in [4.69, 9.17) is 0 Å². The normalized spacial score (nSPS) is 10.4. The van der Waals surface area contributed by atoms with Crippen LogP contribution in [0.3, 0.4) is 0 Å². The van der Waals surface area contributed by atoms with Crippen LogP contribution in [0.2, 0.25) is 0 Å². The zero-order valence-electron chi connectivity index (χ0n) is 13.8. The minimum absolute atomic E-state index is 0.00539. The predicted octanol–water partition coefficient (Wildman–Crippen LogP) is 4.85. The molecule has 2 aromatic carbocycles. The van der Waals surface area contributed by atoms with Gasteiger partial charge < -0.3 is 5.32 Å². The number of halogens is 1. The fourth-order valence-corrected chi connectivity index (χ4v) is 2.66. The van der Waals surface area contributed by atoms with Gasteiger partial charge in [0.25, 0.3) is 0 Å². The van der Waals surface area contributed by atoms with Crippen LogP contribution in [0.25, 0.3) is 11.1 Å². The van der Waals surface area contributed by atoms with Crippen molar-refractivity contribution in [3.8, 4) is 11.1 Å². The Morgan fingerprint density at radius 1 is 0.960 bits per heavy atom. The van der Waals surface area contributed by atoms with Crippen LogP contribution in [0.15, 0.2) is 73.1 Å². The zero-order chi connectivity index (χ0) is 17.5. The van der Waals surface area contributed by atoms with Crippen molar-refractivity contribution in [1.29, 1.82) is 0 Å².